The molecule has 1 aliphatic rings. The summed E-state index contributed by atoms with van der Waals surface area (Å²) < 4.78 is 0. The van der Waals surface area contributed by atoms with Crippen LogP contribution in [0.2, 0.25) is 0 Å². The standard InChI is InChI=1S/C14H22N2OS/c1-8-7-13(11(4)18-8)9(2)15-10(3)14(17)16-12-5-6-12/h7,9-10,12,15H,5-6H2,1-4H3,(H,16,17). The number of carbonyl (C=O) groups excluding carboxylic acids is 1. The highest BCUT2D eigenvalue weighted by atomic mass is 32.1. The molecule has 0 saturated heterocycles. The van der Waals surface area contributed by atoms with E-state index in [1.165, 1.54) is 15.3 Å². The molecule has 1 aromatic rings. The van der Waals surface area contributed by atoms with Crippen LogP contribution >= 0.6 is 11.3 Å². The monoisotopic (exact) mass is 266 g/mol. The van der Waals surface area contributed by atoms with Gasteiger partial charge in [0.15, 0.2) is 0 Å². The molecule has 0 aliphatic heterocycles. The van der Waals surface area contributed by atoms with Crippen LogP contribution in [0.5, 0.6) is 0 Å². The third-order valence-corrected chi connectivity index (χ3v) is 4.34. The van der Waals surface area contributed by atoms with E-state index < -0.39 is 0 Å². The van der Waals surface area contributed by atoms with Gasteiger partial charge in [-0.25, -0.2) is 0 Å². The minimum absolute atomic E-state index is 0.119. The van der Waals surface area contributed by atoms with Crippen molar-refractivity contribution in [2.75, 3.05) is 0 Å². The van der Waals surface area contributed by atoms with Gasteiger partial charge in [-0.3, -0.25) is 10.1 Å². The second kappa shape index (κ2) is 5.41. The van der Waals surface area contributed by atoms with Crippen LogP contribution in [0, 0.1) is 13.8 Å². The zero-order valence-electron chi connectivity index (χ0n) is 11.5. The van der Waals surface area contributed by atoms with Crippen molar-refractivity contribution in [1.82, 2.24) is 10.6 Å². The van der Waals surface area contributed by atoms with Crippen LogP contribution in [0.1, 0.15) is 48.0 Å². The lowest BCUT2D eigenvalue weighted by Gasteiger charge is -2.19. The van der Waals surface area contributed by atoms with Gasteiger partial charge in [0.25, 0.3) is 0 Å². The molecule has 2 N–H and O–H groups in total. The maximum Gasteiger partial charge on any atom is 0.237 e. The van der Waals surface area contributed by atoms with E-state index in [0.29, 0.717) is 6.04 Å². The van der Waals surface area contributed by atoms with Gasteiger partial charge in [0, 0.05) is 21.8 Å². The van der Waals surface area contributed by atoms with Crippen molar-refractivity contribution in [1.29, 1.82) is 0 Å². The second-order valence-corrected chi connectivity index (χ2v) is 6.72. The van der Waals surface area contributed by atoms with E-state index in [0.717, 1.165) is 12.8 Å². The van der Waals surface area contributed by atoms with Crippen LogP contribution in [0.4, 0.5) is 0 Å². The van der Waals surface area contributed by atoms with E-state index in [9.17, 15) is 4.79 Å². The van der Waals surface area contributed by atoms with Crippen LogP contribution in [-0.2, 0) is 4.79 Å². The molecule has 18 heavy (non-hydrogen) atoms. The van der Waals surface area contributed by atoms with Gasteiger partial charge in [0.2, 0.25) is 5.91 Å². The van der Waals surface area contributed by atoms with Gasteiger partial charge >= 0.3 is 0 Å². The molecule has 0 radical (unpaired) electrons. The molecule has 3 nitrogen and oxygen atoms in total. The summed E-state index contributed by atoms with van der Waals surface area (Å²) in [4.78, 5) is 14.5. The first-order valence-corrected chi connectivity index (χ1v) is 7.42. The summed E-state index contributed by atoms with van der Waals surface area (Å²) in [5.74, 6) is 0.119. The third-order valence-electron chi connectivity index (χ3n) is 3.36. The molecule has 0 aromatic carbocycles. The lowest BCUT2D eigenvalue weighted by Crippen LogP contribution is -2.43. The molecule has 0 spiro atoms. The minimum atomic E-state index is -0.139. The lowest BCUT2D eigenvalue weighted by atomic mass is 10.1. The van der Waals surface area contributed by atoms with Crippen LogP contribution < -0.4 is 10.6 Å². The molecule has 1 aliphatic carbocycles. The first-order chi connectivity index (χ1) is 8.47. The average Bonchev–Trinajstić information content (AvgIpc) is 3.02. The molecule has 4 heteroatoms. The SMILES string of the molecule is Cc1cc(C(C)NC(C)C(=O)NC2CC2)c(C)s1. The first-order valence-electron chi connectivity index (χ1n) is 6.60. The molecule has 1 saturated carbocycles. The predicted octanol–water partition coefficient (Wildman–Crippen LogP) is 2.68. The molecular weight excluding hydrogens is 244 g/mol. The number of rotatable bonds is 5. The van der Waals surface area contributed by atoms with Gasteiger partial charge in [0.1, 0.15) is 0 Å². The van der Waals surface area contributed by atoms with E-state index in [1.54, 1.807) is 0 Å². The Morgan fingerprint density at radius 2 is 2.06 bits per heavy atom. The average molecular weight is 266 g/mol. The van der Waals surface area contributed by atoms with Crippen LogP contribution in [-0.4, -0.2) is 18.0 Å². The Kier molecular flexibility index (Phi) is 4.07. The van der Waals surface area contributed by atoms with Gasteiger partial charge in [-0.05, 0) is 52.2 Å². The Morgan fingerprint density at radius 1 is 1.39 bits per heavy atom. The summed E-state index contributed by atoms with van der Waals surface area (Å²) in [6.45, 7) is 8.31. The second-order valence-electron chi connectivity index (χ2n) is 5.26. The zero-order valence-corrected chi connectivity index (χ0v) is 12.4. The first kappa shape index (κ1) is 13.6. The fourth-order valence-electron chi connectivity index (χ4n) is 2.17. The van der Waals surface area contributed by atoms with E-state index in [1.807, 2.05) is 18.3 Å². The summed E-state index contributed by atoms with van der Waals surface area (Å²) in [5.41, 5.74) is 1.31. The predicted molar refractivity (Wildman–Crippen MR) is 76.0 cm³/mol. The summed E-state index contributed by atoms with van der Waals surface area (Å²) in [5, 5.41) is 6.41. The summed E-state index contributed by atoms with van der Waals surface area (Å²) in [7, 11) is 0. The maximum absolute atomic E-state index is 11.9. The fourth-order valence-corrected chi connectivity index (χ4v) is 3.20. The fraction of sp³-hybridized carbons (Fsp3) is 0.643. The van der Waals surface area contributed by atoms with Crippen LogP contribution in [0.25, 0.3) is 0 Å². The molecule has 1 fully saturated rings. The lowest BCUT2D eigenvalue weighted by molar-refractivity contribution is -0.123. The highest BCUT2D eigenvalue weighted by Crippen LogP contribution is 2.26. The van der Waals surface area contributed by atoms with E-state index >= 15 is 0 Å². The minimum Gasteiger partial charge on any atom is -0.352 e. The normalized spacial score (nSPS) is 18.4. The highest BCUT2D eigenvalue weighted by Gasteiger charge is 2.26. The Balaban J connectivity index is 1.91. The smallest absolute Gasteiger partial charge is 0.237 e. The number of hydrogen-bond donors (Lipinski definition) is 2. The Labute approximate surface area is 113 Å². The van der Waals surface area contributed by atoms with Crippen molar-refractivity contribution in [3.8, 4) is 0 Å². The largest absolute Gasteiger partial charge is 0.352 e. The number of carbonyl (C=O) groups is 1. The Bertz CT molecular complexity index is 437. The number of thiophene rings is 1. The molecule has 100 valence electrons. The van der Waals surface area contributed by atoms with E-state index in [4.69, 9.17) is 0 Å². The summed E-state index contributed by atoms with van der Waals surface area (Å²) >= 11 is 1.81. The molecule has 1 aromatic heterocycles. The molecule has 0 bridgehead atoms. The Morgan fingerprint density at radius 3 is 2.56 bits per heavy atom. The zero-order chi connectivity index (χ0) is 13.3. The quantitative estimate of drug-likeness (QED) is 0.860. The molecule has 1 amide bonds. The van der Waals surface area contributed by atoms with Crippen molar-refractivity contribution in [3.63, 3.8) is 0 Å². The molecular formula is C14H22N2OS. The van der Waals surface area contributed by atoms with Gasteiger partial charge in [-0.1, -0.05) is 0 Å². The van der Waals surface area contributed by atoms with Crippen molar-refractivity contribution in [2.24, 2.45) is 0 Å². The molecule has 2 unspecified atom stereocenters. The van der Waals surface area contributed by atoms with Gasteiger partial charge < -0.3 is 5.32 Å². The summed E-state index contributed by atoms with van der Waals surface area (Å²) in [6.07, 6.45) is 2.27. The van der Waals surface area contributed by atoms with Crippen molar-refractivity contribution in [3.05, 3.63) is 21.4 Å². The van der Waals surface area contributed by atoms with E-state index in [-0.39, 0.29) is 18.0 Å². The third kappa shape index (κ3) is 3.33. The molecule has 2 atom stereocenters. The van der Waals surface area contributed by atoms with Gasteiger partial charge in [0.05, 0.1) is 6.04 Å². The van der Waals surface area contributed by atoms with Gasteiger partial charge in [-0.2, -0.15) is 0 Å². The maximum atomic E-state index is 11.9. The van der Waals surface area contributed by atoms with Crippen molar-refractivity contribution in [2.45, 2.75) is 58.7 Å². The van der Waals surface area contributed by atoms with Gasteiger partial charge in [-0.15, -0.1) is 11.3 Å². The van der Waals surface area contributed by atoms with Crippen molar-refractivity contribution < 1.29 is 4.79 Å². The highest BCUT2D eigenvalue weighted by molar-refractivity contribution is 7.12. The van der Waals surface area contributed by atoms with E-state index in [2.05, 4.69) is 37.5 Å². The van der Waals surface area contributed by atoms with Crippen LogP contribution in [0.3, 0.4) is 0 Å². The van der Waals surface area contributed by atoms with Crippen LogP contribution in [0.15, 0.2) is 6.07 Å². The number of aryl methyl sites for hydroxylation is 2. The topological polar surface area (TPSA) is 41.1 Å². The molecule has 2 rings (SSSR count). The Hall–Kier alpha value is -0.870. The number of hydrogen-bond acceptors (Lipinski definition) is 3. The molecule has 1 heterocycles. The van der Waals surface area contributed by atoms with Crippen molar-refractivity contribution >= 4 is 17.2 Å². The number of nitrogens with one attached hydrogen (secondary N) is 2. The summed E-state index contributed by atoms with van der Waals surface area (Å²) in [6, 6.07) is 2.72. The number of amides is 1.